The van der Waals surface area contributed by atoms with Gasteiger partial charge in [0.2, 0.25) is 0 Å². The van der Waals surface area contributed by atoms with Crippen molar-refractivity contribution in [2.24, 2.45) is 16.8 Å². The number of rotatable bonds is 6. The van der Waals surface area contributed by atoms with Crippen molar-refractivity contribution in [1.29, 1.82) is 0 Å². The second-order valence-corrected chi connectivity index (χ2v) is 5.73. The maximum Gasteiger partial charge on any atom is 0.173 e. The van der Waals surface area contributed by atoms with E-state index < -0.39 is 0 Å². The van der Waals surface area contributed by atoms with Crippen molar-refractivity contribution in [3.8, 4) is 5.75 Å². The summed E-state index contributed by atoms with van der Waals surface area (Å²) in [6.07, 6.45) is 5.36. The Hall–Kier alpha value is -1.75. The summed E-state index contributed by atoms with van der Waals surface area (Å²) in [6.45, 7) is 3.03. The number of methoxy groups -OCH3 is 1. The highest BCUT2D eigenvalue weighted by molar-refractivity contribution is 5.99. The minimum absolute atomic E-state index is 0.0672. The SMILES string of the molecule is COc1ccc(CN[C@@H](C)C2CCCC2)cc1/C(N)=N/O. The maximum atomic E-state index is 8.85. The smallest absolute Gasteiger partial charge is 0.173 e. The summed E-state index contributed by atoms with van der Waals surface area (Å²) in [5, 5.41) is 15.5. The lowest BCUT2D eigenvalue weighted by Crippen LogP contribution is -2.31. The molecule has 1 aromatic carbocycles. The Labute approximate surface area is 126 Å². The molecule has 0 heterocycles. The summed E-state index contributed by atoms with van der Waals surface area (Å²) in [5.74, 6) is 1.46. The quantitative estimate of drug-likeness (QED) is 0.325. The fraction of sp³-hybridized carbons (Fsp3) is 0.562. The van der Waals surface area contributed by atoms with E-state index in [0.717, 1.165) is 18.0 Å². The largest absolute Gasteiger partial charge is 0.496 e. The van der Waals surface area contributed by atoms with Gasteiger partial charge in [0.05, 0.1) is 12.7 Å². The van der Waals surface area contributed by atoms with Gasteiger partial charge in [-0.2, -0.15) is 0 Å². The van der Waals surface area contributed by atoms with Gasteiger partial charge in [0.15, 0.2) is 5.84 Å². The van der Waals surface area contributed by atoms with Crippen LogP contribution in [0.3, 0.4) is 0 Å². The van der Waals surface area contributed by atoms with Crippen LogP contribution in [0.4, 0.5) is 0 Å². The molecule has 0 saturated heterocycles. The average molecular weight is 291 g/mol. The summed E-state index contributed by atoms with van der Waals surface area (Å²) in [6, 6.07) is 6.27. The third kappa shape index (κ3) is 3.88. The lowest BCUT2D eigenvalue weighted by Gasteiger charge is -2.20. The van der Waals surface area contributed by atoms with Crippen LogP contribution in [-0.4, -0.2) is 24.2 Å². The highest BCUT2D eigenvalue weighted by atomic mass is 16.5. The molecule has 21 heavy (non-hydrogen) atoms. The summed E-state index contributed by atoms with van der Waals surface area (Å²) in [5.41, 5.74) is 7.41. The predicted molar refractivity (Wildman–Crippen MR) is 83.8 cm³/mol. The Morgan fingerprint density at radius 1 is 1.48 bits per heavy atom. The van der Waals surface area contributed by atoms with E-state index in [4.69, 9.17) is 15.7 Å². The summed E-state index contributed by atoms with van der Waals surface area (Å²) >= 11 is 0. The molecule has 0 bridgehead atoms. The summed E-state index contributed by atoms with van der Waals surface area (Å²) in [4.78, 5) is 0. The monoisotopic (exact) mass is 291 g/mol. The molecule has 1 fully saturated rings. The van der Waals surface area contributed by atoms with Crippen molar-refractivity contribution < 1.29 is 9.94 Å². The first kappa shape index (κ1) is 15.6. The molecular formula is C16H25N3O2. The van der Waals surface area contributed by atoms with Gasteiger partial charge in [-0.05, 0) is 43.4 Å². The number of nitrogens with zero attached hydrogens (tertiary/aromatic N) is 1. The molecule has 0 unspecified atom stereocenters. The molecule has 1 aromatic rings. The van der Waals surface area contributed by atoms with Gasteiger partial charge < -0.3 is 21.0 Å². The van der Waals surface area contributed by atoms with E-state index in [9.17, 15) is 0 Å². The van der Waals surface area contributed by atoms with Crippen LogP contribution in [-0.2, 0) is 6.54 Å². The molecule has 5 nitrogen and oxygen atoms in total. The van der Waals surface area contributed by atoms with Gasteiger partial charge in [-0.1, -0.05) is 24.1 Å². The number of hydrogen-bond acceptors (Lipinski definition) is 4. The Balaban J connectivity index is 2.03. The Bertz CT molecular complexity index is 496. The maximum absolute atomic E-state index is 8.85. The van der Waals surface area contributed by atoms with Crippen LogP contribution in [0.25, 0.3) is 0 Å². The minimum Gasteiger partial charge on any atom is -0.496 e. The fourth-order valence-corrected chi connectivity index (χ4v) is 3.02. The van der Waals surface area contributed by atoms with Crippen molar-refractivity contribution in [3.63, 3.8) is 0 Å². The van der Waals surface area contributed by atoms with Crippen molar-refractivity contribution in [2.45, 2.75) is 45.2 Å². The number of benzene rings is 1. The molecule has 4 N–H and O–H groups in total. The zero-order valence-corrected chi connectivity index (χ0v) is 12.8. The first-order chi connectivity index (χ1) is 10.2. The molecule has 1 atom stereocenters. The second kappa shape index (κ2) is 7.31. The molecule has 0 spiro atoms. The molecule has 1 aliphatic carbocycles. The fourth-order valence-electron chi connectivity index (χ4n) is 3.02. The molecule has 116 valence electrons. The van der Waals surface area contributed by atoms with Crippen LogP contribution in [0.2, 0.25) is 0 Å². The van der Waals surface area contributed by atoms with Crippen LogP contribution in [0.15, 0.2) is 23.4 Å². The molecule has 0 amide bonds. The zero-order chi connectivity index (χ0) is 15.2. The number of nitrogens with two attached hydrogens (primary N) is 1. The lowest BCUT2D eigenvalue weighted by molar-refractivity contribution is 0.318. The molecule has 5 heteroatoms. The normalized spacial score (nSPS) is 17.9. The van der Waals surface area contributed by atoms with Crippen molar-refractivity contribution >= 4 is 5.84 Å². The van der Waals surface area contributed by atoms with Crippen molar-refractivity contribution in [2.75, 3.05) is 7.11 Å². The minimum atomic E-state index is 0.0672. The third-order valence-electron chi connectivity index (χ3n) is 4.38. The van der Waals surface area contributed by atoms with Gasteiger partial charge >= 0.3 is 0 Å². The molecule has 0 aromatic heterocycles. The van der Waals surface area contributed by atoms with Crippen LogP contribution >= 0.6 is 0 Å². The molecule has 0 radical (unpaired) electrons. The Kier molecular flexibility index (Phi) is 5.44. The molecule has 2 rings (SSSR count). The summed E-state index contributed by atoms with van der Waals surface area (Å²) < 4.78 is 5.24. The standard InChI is InChI=1S/C16H25N3O2/c1-11(13-5-3-4-6-13)18-10-12-7-8-15(21-2)14(9-12)16(17)19-20/h7-9,11,13,18,20H,3-6,10H2,1-2H3,(H2,17,19)/t11-/m0/s1. The first-order valence-corrected chi connectivity index (χ1v) is 7.54. The number of amidine groups is 1. The Morgan fingerprint density at radius 2 is 2.19 bits per heavy atom. The van der Waals surface area contributed by atoms with Gasteiger partial charge in [0.25, 0.3) is 0 Å². The number of hydrogen-bond donors (Lipinski definition) is 3. The van der Waals surface area contributed by atoms with E-state index in [2.05, 4.69) is 17.4 Å². The van der Waals surface area contributed by atoms with E-state index in [1.165, 1.54) is 25.7 Å². The topological polar surface area (TPSA) is 79.9 Å². The van der Waals surface area contributed by atoms with Crippen molar-refractivity contribution in [3.05, 3.63) is 29.3 Å². The first-order valence-electron chi connectivity index (χ1n) is 7.54. The number of nitrogens with one attached hydrogen (secondary N) is 1. The van der Waals surface area contributed by atoms with Gasteiger partial charge in [0.1, 0.15) is 5.75 Å². The van der Waals surface area contributed by atoms with Gasteiger partial charge in [-0.15, -0.1) is 0 Å². The van der Waals surface area contributed by atoms with E-state index >= 15 is 0 Å². The van der Waals surface area contributed by atoms with Crippen molar-refractivity contribution in [1.82, 2.24) is 5.32 Å². The van der Waals surface area contributed by atoms with Crippen LogP contribution in [0, 0.1) is 5.92 Å². The Morgan fingerprint density at radius 3 is 2.81 bits per heavy atom. The molecule has 1 saturated carbocycles. The second-order valence-electron chi connectivity index (χ2n) is 5.73. The predicted octanol–water partition coefficient (Wildman–Crippen LogP) is 2.46. The highest BCUT2D eigenvalue weighted by Crippen LogP contribution is 2.27. The highest BCUT2D eigenvalue weighted by Gasteiger charge is 2.21. The number of oxime groups is 1. The van der Waals surface area contributed by atoms with Crippen LogP contribution in [0.5, 0.6) is 5.75 Å². The zero-order valence-electron chi connectivity index (χ0n) is 12.8. The van der Waals surface area contributed by atoms with E-state index in [1.54, 1.807) is 7.11 Å². The molecule has 0 aliphatic heterocycles. The van der Waals surface area contributed by atoms with Crippen LogP contribution in [0.1, 0.15) is 43.7 Å². The van der Waals surface area contributed by atoms with E-state index in [0.29, 0.717) is 17.4 Å². The number of ether oxygens (including phenoxy) is 1. The van der Waals surface area contributed by atoms with Gasteiger partial charge in [-0.25, -0.2) is 0 Å². The third-order valence-corrected chi connectivity index (χ3v) is 4.38. The van der Waals surface area contributed by atoms with E-state index in [-0.39, 0.29) is 5.84 Å². The average Bonchev–Trinajstić information content (AvgIpc) is 3.06. The van der Waals surface area contributed by atoms with Gasteiger partial charge in [-0.3, -0.25) is 0 Å². The van der Waals surface area contributed by atoms with Crippen LogP contribution < -0.4 is 15.8 Å². The molecular weight excluding hydrogens is 266 g/mol. The van der Waals surface area contributed by atoms with E-state index in [1.807, 2.05) is 18.2 Å². The molecule has 1 aliphatic rings. The van der Waals surface area contributed by atoms with Gasteiger partial charge in [0, 0.05) is 12.6 Å². The summed E-state index contributed by atoms with van der Waals surface area (Å²) in [7, 11) is 1.57. The lowest BCUT2D eigenvalue weighted by atomic mass is 9.99.